The SMILES string of the molecule is CN1C(=O)c2ccccc2N2C(=O)CC[C@]12C(=O)NCc1ccc(F)cc1. The van der Waals surface area contributed by atoms with E-state index in [1.54, 1.807) is 43.4 Å². The van der Waals surface area contributed by atoms with Crippen molar-refractivity contribution in [3.05, 3.63) is 65.5 Å². The van der Waals surface area contributed by atoms with Crippen molar-refractivity contribution in [2.24, 2.45) is 0 Å². The molecule has 2 aliphatic rings. The summed E-state index contributed by atoms with van der Waals surface area (Å²) >= 11 is 0. The van der Waals surface area contributed by atoms with Crippen LogP contribution in [0.15, 0.2) is 48.5 Å². The van der Waals surface area contributed by atoms with Crippen LogP contribution in [-0.4, -0.2) is 35.3 Å². The number of likely N-dealkylation sites (N-methyl/N-ethyl adjacent to an activating group) is 1. The Kier molecular flexibility index (Phi) is 3.95. The minimum absolute atomic E-state index is 0.173. The maximum atomic E-state index is 13.2. The average Bonchev–Trinajstić information content (AvgIpc) is 3.04. The Labute approximate surface area is 155 Å². The molecule has 0 unspecified atom stereocenters. The molecule has 2 aliphatic heterocycles. The molecule has 27 heavy (non-hydrogen) atoms. The number of nitrogens with zero attached hydrogens (tertiary/aromatic N) is 2. The van der Waals surface area contributed by atoms with E-state index < -0.39 is 11.6 Å². The van der Waals surface area contributed by atoms with Gasteiger partial charge >= 0.3 is 0 Å². The van der Waals surface area contributed by atoms with Crippen molar-refractivity contribution in [3.63, 3.8) is 0 Å². The van der Waals surface area contributed by atoms with Crippen molar-refractivity contribution < 1.29 is 18.8 Å². The monoisotopic (exact) mass is 367 g/mol. The maximum absolute atomic E-state index is 13.2. The molecule has 2 heterocycles. The molecule has 0 spiro atoms. The van der Waals surface area contributed by atoms with Crippen LogP contribution < -0.4 is 10.2 Å². The molecule has 7 heteroatoms. The van der Waals surface area contributed by atoms with Crippen LogP contribution in [0.25, 0.3) is 0 Å². The van der Waals surface area contributed by atoms with E-state index >= 15 is 0 Å². The Hall–Kier alpha value is -3.22. The summed E-state index contributed by atoms with van der Waals surface area (Å²) < 4.78 is 13.1. The first kappa shape index (κ1) is 17.2. The number of hydrogen-bond acceptors (Lipinski definition) is 3. The quantitative estimate of drug-likeness (QED) is 0.903. The summed E-state index contributed by atoms with van der Waals surface area (Å²) in [7, 11) is 1.54. The van der Waals surface area contributed by atoms with Crippen LogP contribution in [0.2, 0.25) is 0 Å². The first-order chi connectivity index (χ1) is 12.9. The normalized spacial score (nSPS) is 21.1. The van der Waals surface area contributed by atoms with Crippen molar-refractivity contribution in [2.75, 3.05) is 11.9 Å². The van der Waals surface area contributed by atoms with Crippen LogP contribution in [0.3, 0.4) is 0 Å². The molecule has 2 aromatic rings. The number of anilines is 1. The van der Waals surface area contributed by atoms with Gasteiger partial charge in [-0.2, -0.15) is 0 Å². The maximum Gasteiger partial charge on any atom is 0.267 e. The summed E-state index contributed by atoms with van der Waals surface area (Å²) in [4.78, 5) is 41.4. The highest BCUT2D eigenvalue weighted by Crippen LogP contribution is 2.43. The van der Waals surface area contributed by atoms with Gasteiger partial charge in [0, 0.05) is 26.4 Å². The molecule has 2 aromatic carbocycles. The Morgan fingerprint density at radius 1 is 1.15 bits per heavy atom. The zero-order valence-electron chi connectivity index (χ0n) is 14.7. The summed E-state index contributed by atoms with van der Waals surface area (Å²) in [5, 5.41) is 2.80. The number of fused-ring (bicyclic) bond motifs is 3. The number of para-hydroxylation sites is 1. The van der Waals surface area contributed by atoms with Crippen LogP contribution in [0.4, 0.5) is 10.1 Å². The predicted molar refractivity (Wildman–Crippen MR) is 96.2 cm³/mol. The molecule has 0 radical (unpaired) electrons. The molecule has 6 nitrogen and oxygen atoms in total. The number of carbonyl (C=O) groups is 3. The molecule has 1 N–H and O–H groups in total. The average molecular weight is 367 g/mol. The lowest BCUT2D eigenvalue weighted by Gasteiger charge is -2.47. The largest absolute Gasteiger partial charge is 0.348 e. The van der Waals surface area contributed by atoms with Gasteiger partial charge in [-0.15, -0.1) is 0 Å². The fraction of sp³-hybridized carbons (Fsp3) is 0.250. The third-order valence-electron chi connectivity index (χ3n) is 5.27. The number of amides is 3. The van der Waals surface area contributed by atoms with Gasteiger partial charge in [0.15, 0.2) is 0 Å². The van der Waals surface area contributed by atoms with Crippen LogP contribution in [-0.2, 0) is 16.1 Å². The van der Waals surface area contributed by atoms with E-state index in [-0.39, 0.29) is 37.0 Å². The Balaban J connectivity index is 1.69. The summed E-state index contributed by atoms with van der Waals surface area (Å²) in [5.41, 5.74) is 0.196. The van der Waals surface area contributed by atoms with Crippen LogP contribution in [0, 0.1) is 5.82 Å². The Morgan fingerprint density at radius 3 is 2.59 bits per heavy atom. The fourth-order valence-corrected chi connectivity index (χ4v) is 3.85. The molecular weight excluding hydrogens is 349 g/mol. The van der Waals surface area contributed by atoms with Crippen molar-refractivity contribution in [1.82, 2.24) is 10.2 Å². The van der Waals surface area contributed by atoms with E-state index in [2.05, 4.69) is 5.32 Å². The van der Waals surface area contributed by atoms with Gasteiger partial charge < -0.3 is 10.2 Å². The van der Waals surface area contributed by atoms with Crippen molar-refractivity contribution in [3.8, 4) is 0 Å². The zero-order chi connectivity index (χ0) is 19.2. The van der Waals surface area contributed by atoms with Crippen LogP contribution in [0.5, 0.6) is 0 Å². The second kappa shape index (κ2) is 6.19. The number of nitrogens with one attached hydrogen (secondary N) is 1. The fourth-order valence-electron chi connectivity index (χ4n) is 3.85. The summed E-state index contributed by atoms with van der Waals surface area (Å²) in [6, 6.07) is 12.6. The van der Waals surface area contributed by atoms with Gasteiger partial charge in [0.2, 0.25) is 11.6 Å². The number of hydrogen-bond donors (Lipinski definition) is 1. The summed E-state index contributed by atoms with van der Waals surface area (Å²) in [6.07, 6.45) is 0.396. The van der Waals surface area contributed by atoms with E-state index in [0.717, 1.165) is 5.56 Å². The lowest BCUT2D eigenvalue weighted by Crippen LogP contribution is -2.69. The molecule has 1 fully saturated rings. The molecule has 1 atom stereocenters. The first-order valence-corrected chi connectivity index (χ1v) is 8.68. The van der Waals surface area contributed by atoms with Gasteiger partial charge in [-0.25, -0.2) is 4.39 Å². The minimum atomic E-state index is -1.39. The van der Waals surface area contributed by atoms with Crippen LogP contribution >= 0.6 is 0 Å². The zero-order valence-corrected chi connectivity index (χ0v) is 14.7. The van der Waals surface area contributed by atoms with Gasteiger partial charge in [0.25, 0.3) is 11.8 Å². The van der Waals surface area contributed by atoms with Crippen molar-refractivity contribution >= 4 is 23.4 Å². The van der Waals surface area contributed by atoms with Gasteiger partial charge in [-0.05, 0) is 29.8 Å². The van der Waals surface area contributed by atoms with Gasteiger partial charge in [-0.1, -0.05) is 24.3 Å². The number of halogens is 1. The highest BCUT2D eigenvalue weighted by molar-refractivity contribution is 6.16. The third kappa shape index (κ3) is 2.50. The topological polar surface area (TPSA) is 69.7 Å². The molecule has 3 amide bonds. The molecule has 1 saturated heterocycles. The molecular formula is C20H18FN3O3. The number of benzene rings is 2. The third-order valence-corrected chi connectivity index (χ3v) is 5.27. The van der Waals surface area contributed by atoms with E-state index in [4.69, 9.17) is 0 Å². The molecule has 0 saturated carbocycles. The molecule has 0 aliphatic carbocycles. The van der Waals surface area contributed by atoms with Crippen molar-refractivity contribution in [2.45, 2.75) is 25.0 Å². The lowest BCUT2D eigenvalue weighted by molar-refractivity contribution is -0.133. The lowest BCUT2D eigenvalue weighted by atomic mass is 9.96. The van der Waals surface area contributed by atoms with Crippen LogP contribution in [0.1, 0.15) is 28.8 Å². The predicted octanol–water partition coefficient (Wildman–Crippen LogP) is 2.05. The smallest absolute Gasteiger partial charge is 0.267 e. The molecule has 4 rings (SSSR count). The minimum Gasteiger partial charge on any atom is -0.348 e. The Morgan fingerprint density at radius 2 is 1.85 bits per heavy atom. The molecule has 0 bridgehead atoms. The number of carbonyl (C=O) groups excluding carboxylic acids is 3. The van der Waals surface area contributed by atoms with Gasteiger partial charge in [-0.3, -0.25) is 19.3 Å². The standard InChI is InChI=1S/C20H18FN3O3/c1-23-18(26)15-4-2-3-5-16(15)24-17(25)10-11-20(23,24)19(27)22-12-13-6-8-14(21)9-7-13/h2-9H,10-12H2,1H3,(H,22,27)/t20-/m0/s1. The highest BCUT2D eigenvalue weighted by atomic mass is 19.1. The first-order valence-electron chi connectivity index (χ1n) is 8.68. The second-order valence-electron chi connectivity index (χ2n) is 6.74. The highest BCUT2D eigenvalue weighted by Gasteiger charge is 2.59. The Bertz CT molecular complexity index is 944. The molecule has 138 valence electrons. The van der Waals surface area contributed by atoms with Crippen molar-refractivity contribution in [1.29, 1.82) is 0 Å². The second-order valence-corrected chi connectivity index (χ2v) is 6.74. The number of rotatable bonds is 3. The van der Waals surface area contributed by atoms with E-state index in [9.17, 15) is 18.8 Å². The molecule has 0 aromatic heterocycles. The summed E-state index contributed by atoms with van der Waals surface area (Å²) in [5.74, 6) is -1.28. The summed E-state index contributed by atoms with van der Waals surface area (Å²) in [6.45, 7) is 0.173. The van der Waals surface area contributed by atoms with Gasteiger partial charge in [0.05, 0.1) is 11.3 Å². The van der Waals surface area contributed by atoms with E-state index in [1.807, 2.05) is 0 Å². The van der Waals surface area contributed by atoms with E-state index in [0.29, 0.717) is 11.3 Å². The van der Waals surface area contributed by atoms with E-state index in [1.165, 1.54) is 21.9 Å². The van der Waals surface area contributed by atoms with Gasteiger partial charge in [0.1, 0.15) is 5.82 Å².